The van der Waals surface area contributed by atoms with E-state index in [4.69, 9.17) is 4.74 Å². The van der Waals surface area contributed by atoms with Crippen LogP contribution in [0.5, 0.6) is 0 Å². The van der Waals surface area contributed by atoms with E-state index in [9.17, 15) is 0 Å². The van der Waals surface area contributed by atoms with E-state index in [-0.39, 0.29) is 16.7 Å². The third kappa shape index (κ3) is 4.55. The summed E-state index contributed by atoms with van der Waals surface area (Å²) in [5.74, 6) is 0. The number of hydrogen-bond donors (Lipinski definition) is 1. The van der Waals surface area contributed by atoms with Gasteiger partial charge >= 0.3 is 0 Å². The summed E-state index contributed by atoms with van der Waals surface area (Å²) in [5, 5.41) is 3.83. The van der Waals surface area contributed by atoms with E-state index in [2.05, 4.69) is 67.6 Å². The zero-order valence-electron chi connectivity index (χ0n) is 13.9. The summed E-state index contributed by atoms with van der Waals surface area (Å²) in [6.45, 7) is 20.3. The standard InChI is InChI=1S/C16H33NO/c1-13(2,3)11-14(4,5)17-12-10-15(6,7)18-16(12,8)9/h12,17H,10-11H2,1-9H3. The fraction of sp³-hybridized carbons (Fsp3) is 1.00. The van der Waals surface area contributed by atoms with Crippen LogP contribution in [-0.2, 0) is 4.74 Å². The second-order valence-corrected chi connectivity index (χ2v) is 8.99. The van der Waals surface area contributed by atoms with Crippen LogP contribution in [0.4, 0.5) is 0 Å². The van der Waals surface area contributed by atoms with Gasteiger partial charge in [-0.05, 0) is 59.8 Å². The Morgan fingerprint density at radius 2 is 1.56 bits per heavy atom. The molecule has 1 atom stereocenters. The summed E-state index contributed by atoms with van der Waals surface area (Å²) in [7, 11) is 0. The Morgan fingerprint density at radius 3 is 1.89 bits per heavy atom. The van der Waals surface area contributed by atoms with E-state index in [0.29, 0.717) is 11.5 Å². The summed E-state index contributed by atoms with van der Waals surface area (Å²) in [4.78, 5) is 0. The SMILES string of the molecule is CC(C)(C)CC(C)(C)NC1CC(C)(C)OC1(C)C. The molecule has 0 spiro atoms. The molecule has 0 amide bonds. The molecule has 0 bridgehead atoms. The second-order valence-electron chi connectivity index (χ2n) is 8.99. The summed E-state index contributed by atoms with van der Waals surface area (Å²) in [5.41, 5.74) is 0.386. The van der Waals surface area contributed by atoms with Crippen LogP contribution in [0.1, 0.15) is 75.2 Å². The lowest BCUT2D eigenvalue weighted by Gasteiger charge is -2.39. The number of rotatable bonds is 3. The third-order valence-corrected chi connectivity index (χ3v) is 3.61. The zero-order chi connectivity index (χ0) is 14.4. The van der Waals surface area contributed by atoms with Crippen LogP contribution in [0.15, 0.2) is 0 Å². The molecule has 0 saturated carbocycles. The summed E-state index contributed by atoms with van der Waals surface area (Å²) < 4.78 is 6.16. The van der Waals surface area contributed by atoms with E-state index >= 15 is 0 Å². The van der Waals surface area contributed by atoms with Crippen molar-refractivity contribution >= 4 is 0 Å². The van der Waals surface area contributed by atoms with Crippen molar-refractivity contribution in [2.45, 2.75) is 97.9 Å². The molecule has 1 N–H and O–H groups in total. The molecule has 0 aliphatic carbocycles. The van der Waals surface area contributed by atoms with Crippen LogP contribution in [0, 0.1) is 5.41 Å². The van der Waals surface area contributed by atoms with Crippen LogP contribution in [0.3, 0.4) is 0 Å². The van der Waals surface area contributed by atoms with Crippen molar-refractivity contribution in [1.29, 1.82) is 0 Å². The average molecular weight is 255 g/mol. The van der Waals surface area contributed by atoms with Gasteiger partial charge in [0.1, 0.15) is 0 Å². The Hall–Kier alpha value is -0.0800. The van der Waals surface area contributed by atoms with Crippen LogP contribution < -0.4 is 5.32 Å². The number of hydrogen-bond acceptors (Lipinski definition) is 2. The lowest BCUT2D eigenvalue weighted by atomic mass is 9.80. The van der Waals surface area contributed by atoms with Crippen LogP contribution in [0.2, 0.25) is 0 Å². The van der Waals surface area contributed by atoms with E-state index in [1.807, 2.05) is 0 Å². The van der Waals surface area contributed by atoms with Crippen molar-refractivity contribution in [2.24, 2.45) is 5.41 Å². The molecule has 1 heterocycles. The maximum atomic E-state index is 6.16. The minimum atomic E-state index is -0.0847. The van der Waals surface area contributed by atoms with Gasteiger partial charge in [0.25, 0.3) is 0 Å². The van der Waals surface area contributed by atoms with E-state index in [1.165, 1.54) is 0 Å². The monoisotopic (exact) mass is 255 g/mol. The molecule has 0 radical (unpaired) electrons. The Bertz CT molecular complexity index is 297. The van der Waals surface area contributed by atoms with Crippen molar-refractivity contribution in [1.82, 2.24) is 5.32 Å². The van der Waals surface area contributed by atoms with E-state index in [0.717, 1.165) is 12.8 Å². The molecule has 0 aromatic heterocycles. The molecule has 0 aromatic carbocycles. The molecule has 1 fully saturated rings. The molecule has 2 heteroatoms. The normalized spacial score (nSPS) is 27.5. The summed E-state index contributed by atoms with van der Waals surface area (Å²) in [6.07, 6.45) is 2.24. The summed E-state index contributed by atoms with van der Waals surface area (Å²) >= 11 is 0. The smallest absolute Gasteiger partial charge is 0.0787 e. The fourth-order valence-electron chi connectivity index (χ4n) is 3.64. The van der Waals surface area contributed by atoms with Crippen molar-refractivity contribution < 1.29 is 4.74 Å². The molecule has 1 aliphatic heterocycles. The predicted molar refractivity (Wildman–Crippen MR) is 78.9 cm³/mol. The largest absolute Gasteiger partial charge is 0.368 e. The van der Waals surface area contributed by atoms with Crippen LogP contribution in [-0.4, -0.2) is 22.8 Å². The fourth-order valence-corrected chi connectivity index (χ4v) is 3.64. The Kier molecular flexibility index (Phi) is 3.98. The first-order valence-electron chi connectivity index (χ1n) is 7.20. The molecule has 108 valence electrons. The Labute approximate surface area is 114 Å². The highest BCUT2D eigenvalue weighted by Crippen LogP contribution is 2.39. The van der Waals surface area contributed by atoms with E-state index in [1.54, 1.807) is 0 Å². The van der Waals surface area contributed by atoms with Crippen molar-refractivity contribution in [3.63, 3.8) is 0 Å². The van der Waals surface area contributed by atoms with Crippen LogP contribution in [0.25, 0.3) is 0 Å². The highest BCUT2D eigenvalue weighted by Gasteiger charge is 2.47. The maximum Gasteiger partial charge on any atom is 0.0787 e. The van der Waals surface area contributed by atoms with Gasteiger partial charge < -0.3 is 10.1 Å². The Balaban J connectivity index is 2.73. The van der Waals surface area contributed by atoms with E-state index < -0.39 is 0 Å². The van der Waals surface area contributed by atoms with Gasteiger partial charge in [-0.1, -0.05) is 20.8 Å². The zero-order valence-corrected chi connectivity index (χ0v) is 13.9. The minimum Gasteiger partial charge on any atom is -0.368 e. The quantitative estimate of drug-likeness (QED) is 0.818. The lowest BCUT2D eigenvalue weighted by molar-refractivity contribution is -0.0718. The molecular formula is C16H33NO. The van der Waals surface area contributed by atoms with Crippen LogP contribution >= 0.6 is 0 Å². The highest BCUT2D eigenvalue weighted by atomic mass is 16.5. The molecule has 0 aromatic rings. The van der Waals surface area contributed by atoms with Gasteiger partial charge in [0.15, 0.2) is 0 Å². The van der Waals surface area contributed by atoms with Crippen molar-refractivity contribution in [3.8, 4) is 0 Å². The lowest BCUT2D eigenvalue weighted by Crippen LogP contribution is -2.54. The molecule has 2 nitrogen and oxygen atoms in total. The molecule has 1 rings (SSSR count). The van der Waals surface area contributed by atoms with Gasteiger partial charge in [-0.3, -0.25) is 0 Å². The van der Waals surface area contributed by atoms with Crippen molar-refractivity contribution in [3.05, 3.63) is 0 Å². The minimum absolute atomic E-state index is 0.0149. The first kappa shape index (κ1) is 16.0. The predicted octanol–water partition coefficient (Wildman–Crippen LogP) is 4.14. The van der Waals surface area contributed by atoms with Gasteiger partial charge in [-0.2, -0.15) is 0 Å². The molecule has 1 unspecified atom stereocenters. The third-order valence-electron chi connectivity index (χ3n) is 3.61. The Morgan fingerprint density at radius 1 is 1.06 bits per heavy atom. The van der Waals surface area contributed by atoms with Crippen molar-refractivity contribution in [2.75, 3.05) is 0 Å². The van der Waals surface area contributed by atoms with Gasteiger partial charge in [-0.15, -0.1) is 0 Å². The van der Waals surface area contributed by atoms with Gasteiger partial charge in [-0.25, -0.2) is 0 Å². The number of ether oxygens (including phenoxy) is 1. The first-order chi connectivity index (χ1) is 7.73. The average Bonchev–Trinajstić information content (AvgIpc) is 2.11. The molecule has 18 heavy (non-hydrogen) atoms. The molecular weight excluding hydrogens is 222 g/mol. The van der Waals surface area contributed by atoms with Gasteiger partial charge in [0.05, 0.1) is 11.2 Å². The molecule has 1 saturated heterocycles. The second kappa shape index (κ2) is 4.49. The highest BCUT2D eigenvalue weighted by molar-refractivity contribution is 5.02. The first-order valence-corrected chi connectivity index (χ1v) is 7.20. The maximum absolute atomic E-state index is 6.16. The topological polar surface area (TPSA) is 21.3 Å². The number of nitrogens with one attached hydrogen (secondary N) is 1. The summed E-state index contributed by atoms with van der Waals surface area (Å²) in [6, 6.07) is 0.421. The van der Waals surface area contributed by atoms with Gasteiger partial charge in [0, 0.05) is 11.6 Å². The van der Waals surface area contributed by atoms with Gasteiger partial charge in [0.2, 0.25) is 0 Å². The molecule has 1 aliphatic rings.